The van der Waals surface area contributed by atoms with Gasteiger partial charge >= 0.3 is 0 Å². The van der Waals surface area contributed by atoms with Gasteiger partial charge in [-0.05, 0) is 43.0 Å². The van der Waals surface area contributed by atoms with E-state index in [1.165, 1.54) is 18.4 Å². The van der Waals surface area contributed by atoms with Crippen LogP contribution in [0.3, 0.4) is 0 Å². The van der Waals surface area contributed by atoms with E-state index in [1.54, 1.807) is 0 Å². The Bertz CT molecular complexity index is 444. The molecule has 3 rings (SSSR count). The van der Waals surface area contributed by atoms with E-state index >= 15 is 0 Å². The first kappa shape index (κ1) is 13.2. The molecule has 0 saturated carbocycles. The summed E-state index contributed by atoms with van der Waals surface area (Å²) in [6.07, 6.45) is 3.47. The number of nitrogens with one attached hydrogen (secondary N) is 1. The van der Waals surface area contributed by atoms with Gasteiger partial charge < -0.3 is 14.8 Å². The number of hydrogen-bond donors (Lipinski definition) is 1. The molecule has 19 heavy (non-hydrogen) atoms. The van der Waals surface area contributed by atoms with Crippen LogP contribution in [0.15, 0.2) is 12.1 Å². The fourth-order valence-corrected chi connectivity index (χ4v) is 3.12. The molecular weight excluding hydrogens is 262 g/mol. The van der Waals surface area contributed by atoms with E-state index in [-0.39, 0.29) is 0 Å². The van der Waals surface area contributed by atoms with Crippen molar-refractivity contribution in [3.63, 3.8) is 0 Å². The van der Waals surface area contributed by atoms with E-state index in [4.69, 9.17) is 21.1 Å². The van der Waals surface area contributed by atoms with Crippen molar-refractivity contribution in [3.8, 4) is 5.75 Å². The highest BCUT2D eigenvalue weighted by Gasteiger charge is 2.18. The number of ether oxygens (including phenoxy) is 2. The minimum Gasteiger partial charge on any atom is -0.493 e. The second-order valence-electron chi connectivity index (χ2n) is 5.38. The lowest BCUT2D eigenvalue weighted by Gasteiger charge is -2.22. The summed E-state index contributed by atoms with van der Waals surface area (Å²) in [6, 6.07) is 3.96. The Hall–Kier alpha value is -0.770. The highest BCUT2D eigenvalue weighted by atomic mass is 35.5. The smallest absolute Gasteiger partial charge is 0.128 e. The van der Waals surface area contributed by atoms with Crippen molar-refractivity contribution in [2.45, 2.75) is 25.9 Å². The summed E-state index contributed by atoms with van der Waals surface area (Å²) in [5.74, 6) is 1.63. The minimum absolute atomic E-state index is 0.597. The summed E-state index contributed by atoms with van der Waals surface area (Å²) in [5.41, 5.74) is 2.30. The second kappa shape index (κ2) is 6.12. The Labute approximate surface area is 119 Å². The molecule has 1 aromatic rings. The van der Waals surface area contributed by atoms with Crippen LogP contribution in [0.5, 0.6) is 5.75 Å². The second-order valence-corrected chi connectivity index (χ2v) is 5.82. The SMILES string of the molecule is Clc1cc2c(c(COCC3CCCNC3)c1)OCC2. The van der Waals surface area contributed by atoms with Gasteiger partial charge in [-0.1, -0.05) is 11.6 Å². The van der Waals surface area contributed by atoms with Crippen molar-refractivity contribution in [1.29, 1.82) is 0 Å². The van der Waals surface area contributed by atoms with Crippen LogP contribution in [0.4, 0.5) is 0 Å². The first-order chi connectivity index (χ1) is 9.33. The van der Waals surface area contributed by atoms with Crippen molar-refractivity contribution in [2.75, 3.05) is 26.3 Å². The van der Waals surface area contributed by atoms with Crippen molar-refractivity contribution in [2.24, 2.45) is 5.92 Å². The van der Waals surface area contributed by atoms with E-state index in [2.05, 4.69) is 5.32 Å². The summed E-state index contributed by atoms with van der Waals surface area (Å²) in [6.45, 7) is 4.39. The third-order valence-corrected chi connectivity index (χ3v) is 4.05. The molecule has 0 aliphatic carbocycles. The van der Waals surface area contributed by atoms with Gasteiger partial charge in [-0.15, -0.1) is 0 Å². The van der Waals surface area contributed by atoms with Crippen LogP contribution < -0.4 is 10.1 Å². The normalized spacial score (nSPS) is 22.1. The first-order valence-electron chi connectivity index (χ1n) is 7.05. The molecule has 0 bridgehead atoms. The fraction of sp³-hybridized carbons (Fsp3) is 0.600. The highest BCUT2D eigenvalue weighted by Crippen LogP contribution is 2.33. The van der Waals surface area contributed by atoms with Crippen molar-refractivity contribution in [1.82, 2.24) is 5.32 Å². The lowest BCUT2D eigenvalue weighted by atomic mass is 10.0. The number of piperidine rings is 1. The van der Waals surface area contributed by atoms with Gasteiger partial charge in [0.05, 0.1) is 19.8 Å². The topological polar surface area (TPSA) is 30.5 Å². The Morgan fingerprint density at radius 1 is 1.42 bits per heavy atom. The van der Waals surface area contributed by atoms with E-state index < -0.39 is 0 Å². The van der Waals surface area contributed by atoms with Gasteiger partial charge in [-0.25, -0.2) is 0 Å². The highest BCUT2D eigenvalue weighted by molar-refractivity contribution is 6.30. The molecule has 3 nitrogen and oxygen atoms in total. The van der Waals surface area contributed by atoms with Crippen LogP contribution in [0.25, 0.3) is 0 Å². The number of halogens is 1. The Morgan fingerprint density at radius 3 is 3.21 bits per heavy atom. The monoisotopic (exact) mass is 281 g/mol. The summed E-state index contributed by atoms with van der Waals surface area (Å²) in [7, 11) is 0. The van der Waals surface area contributed by atoms with Gasteiger partial charge in [0.2, 0.25) is 0 Å². The van der Waals surface area contributed by atoms with E-state index in [9.17, 15) is 0 Å². The van der Waals surface area contributed by atoms with Gasteiger partial charge in [0.1, 0.15) is 5.75 Å². The van der Waals surface area contributed by atoms with Crippen LogP contribution in [0.2, 0.25) is 5.02 Å². The summed E-state index contributed by atoms with van der Waals surface area (Å²) in [4.78, 5) is 0. The fourth-order valence-electron chi connectivity index (χ4n) is 2.86. The molecule has 0 aromatic heterocycles. The number of hydrogen-bond acceptors (Lipinski definition) is 3. The molecule has 1 N–H and O–H groups in total. The molecule has 1 saturated heterocycles. The molecule has 4 heteroatoms. The average molecular weight is 282 g/mol. The predicted octanol–water partition coefficient (Wildman–Crippen LogP) is 2.79. The zero-order valence-electron chi connectivity index (χ0n) is 11.1. The summed E-state index contributed by atoms with van der Waals surface area (Å²) in [5, 5.41) is 4.19. The Balaban J connectivity index is 1.57. The standard InChI is InChI=1S/C15H20ClNO2/c16-14-6-12-3-5-19-15(12)13(7-14)10-18-9-11-2-1-4-17-8-11/h6-7,11,17H,1-5,8-10H2. The third-order valence-electron chi connectivity index (χ3n) is 3.84. The molecule has 1 atom stereocenters. The quantitative estimate of drug-likeness (QED) is 0.921. The van der Waals surface area contributed by atoms with Gasteiger partial charge in [-0.3, -0.25) is 0 Å². The molecule has 1 unspecified atom stereocenters. The first-order valence-corrected chi connectivity index (χ1v) is 7.43. The Kier molecular flexibility index (Phi) is 4.26. The number of rotatable bonds is 4. The van der Waals surface area contributed by atoms with Crippen LogP contribution >= 0.6 is 11.6 Å². The van der Waals surface area contributed by atoms with Gasteiger partial charge in [0, 0.05) is 23.6 Å². The summed E-state index contributed by atoms with van der Waals surface area (Å²) < 4.78 is 11.5. The van der Waals surface area contributed by atoms with Crippen LogP contribution in [-0.4, -0.2) is 26.3 Å². The molecule has 0 amide bonds. The zero-order chi connectivity index (χ0) is 13.1. The third kappa shape index (κ3) is 3.22. The van der Waals surface area contributed by atoms with Gasteiger partial charge in [-0.2, -0.15) is 0 Å². The molecule has 2 aliphatic heterocycles. The van der Waals surface area contributed by atoms with Crippen LogP contribution in [-0.2, 0) is 17.8 Å². The van der Waals surface area contributed by atoms with Crippen molar-refractivity contribution in [3.05, 3.63) is 28.3 Å². The average Bonchev–Trinajstić information content (AvgIpc) is 2.88. The molecule has 0 spiro atoms. The maximum Gasteiger partial charge on any atom is 0.128 e. The van der Waals surface area contributed by atoms with E-state index in [1.807, 2.05) is 12.1 Å². The number of benzene rings is 1. The van der Waals surface area contributed by atoms with Crippen LogP contribution in [0.1, 0.15) is 24.0 Å². The molecule has 1 aromatic carbocycles. The molecule has 1 fully saturated rings. The zero-order valence-corrected chi connectivity index (χ0v) is 11.8. The van der Waals surface area contributed by atoms with E-state index in [0.29, 0.717) is 12.5 Å². The predicted molar refractivity (Wildman–Crippen MR) is 75.9 cm³/mol. The largest absolute Gasteiger partial charge is 0.493 e. The Morgan fingerprint density at radius 2 is 2.37 bits per heavy atom. The maximum atomic E-state index is 6.14. The minimum atomic E-state index is 0.597. The lowest BCUT2D eigenvalue weighted by molar-refractivity contribution is 0.0770. The van der Waals surface area contributed by atoms with Crippen LogP contribution in [0, 0.1) is 5.92 Å². The molecule has 104 valence electrons. The molecule has 0 radical (unpaired) electrons. The number of fused-ring (bicyclic) bond motifs is 1. The van der Waals surface area contributed by atoms with E-state index in [0.717, 1.165) is 49.1 Å². The van der Waals surface area contributed by atoms with Crippen molar-refractivity contribution >= 4 is 11.6 Å². The van der Waals surface area contributed by atoms with Gasteiger partial charge in [0.15, 0.2) is 0 Å². The maximum absolute atomic E-state index is 6.14. The molecule has 2 aliphatic rings. The lowest BCUT2D eigenvalue weighted by Crippen LogP contribution is -2.32. The summed E-state index contributed by atoms with van der Waals surface area (Å²) >= 11 is 6.14. The van der Waals surface area contributed by atoms with Crippen molar-refractivity contribution < 1.29 is 9.47 Å². The molecular formula is C15H20ClNO2. The van der Waals surface area contributed by atoms with Gasteiger partial charge in [0.25, 0.3) is 0 Å². The molecule has 2 heterocycles.